The fourth-order valence-electron chi connectivity index (χ4n) is 2.34. The van der Waals surface area contributed by atoms with E-state index in [1.807, 2.05) is 0 Å². The first-order chi connectivity index (χ1) is 9.33. The number of carbonyl (C=O) groups excluding carboxylic acids is 1. The van der Waals surface area contributed by atoms with E-state index in [9.17, 15) is 4.79 Å². The number of unbranched alkanes of at least 4 members (excludes halogenated alkanes) is 1. The van der Waals surface area contributed by atoms with E-state index in [1.54, 1.807) is 0 Å². The van der Waals surface area contributed by atoms with Crippen LogP contribution in [0.3, 0.4) is 0 Å². The Kier molecular flexibility index (Phi) is 9.72. The molecule has 0 aromatic carbocycles. The molecule has 0 atom stereocenters. The molecule has 1 amide bonds. The molecular formula is C15H30N2O2. The number of hydrogen-bond acceptors (Lipinski definition) is 3. The number of piperidine rings is 1. The molecule has 1 saturated heterocycles. The van der Waals surface area contributed by atoms with Gasteiger partial charge in [0.05, 0.1) is 0 Å². The molecule has 1 fully saturated rings. The minimum atomic E-state index is 0.201. The molecule has 0 aliphatic carbocycles. The van der Waals surface area contributed by atoms with E-state index in [1.165, 1.54) is 19.3 Å². The lowest BCUT2D eigenvalue weighted by Crippen LogP contribution is -2.29. The van der Waals surface area contributed by atoms with Crippen molar-refractivity contribution in [3.05, 3.63) is 0 Å². The molecule has 0 bridgehead atoms. The van der Waals surface area contributed by atoms with E-state index < -0.39 is 0 Å². The van der Waals surface area contributed by atoms with E-state index in [4.69, 9.17) is 4.74 Å². The third-order valence-corrected chi connectivity index (χ3v) is 3.67. The maximum Gasteiger partial charge on any atom is 0.220 e. The smallest absolute Gasteiger partial charge is 0.220 e. The minimum absolute atomic E-state index is 0.201. The van der Waals surface area contributed by atoms with Crippen LogP contribution in [0, 0.1) is 5.92 Å². The van der Waals surface area contributed by atoms with Gasteiger partial charge >= 0.3 is 0 Å². The molecule has 0 saturated carbocycles. The first kappa shape index (κ1) is 16.4. The van der Waals surface area contributed by atoms with Crippen molar-refractivity contribution in [3.8, 4) is 0 Å². The summed E-state index contributed by atoms with van der Waals surface area (Å²) in [6.07, 6.45) is 7.39. The molecule has 1 rings (SSSR count). The summed E-state index contributed by atoms with van der Waals surface area (Å²) in [5, 5.41) is 6.33. The molecule has 0 unspecified atom stereocenters. The highest BCUT2D eigenvalue weighted by Gasteiger charge is 2.14. The highest BCUT2D eigenvalue weighted by atomic mass is 16.5. The number of amides is 1. The molecule has 2 N–H and O–H groups in total. The van der Waals surface area contributed by atoms with Crippen LogP contribution in [0.5, 0.6) is 0 Å². The lowest BCUT2D eigenvalue weighted by molar-refractivity contribution is -0.121. The van der Waals surface area contributed by atoms with Crippen LogP contribution in [0.25, 0.3) is 0 Å². The Labute approximate surface area is 117 Å². The van der Waals surface area contributed by atoms with Gasteiger partial charge in [0.2, 0.25) is 5.91 Å². The number of nitrogens with one attached hydrogen (secondary N) is 2. The number of rotatable bonds is 10. The van der Waals surface area contributed by atoms with Crippen LogP contribution in [0.15, 0.2) is 0 Å². The van der Waals surface area contributed by atoms with Crippen molar-refractivity contribution < 1.29 is 9.53 Å². The maximum atomic E-state index is 11.7. The van der Waals surface area contributed by atoms with E-state index in [2.05, 4.69) is 17.6 Å². The second-order valence-electron chi connectivity index (χ2n) is 5.40. The molecule has 1 aliphatic heterocycles. The second-order valence-corrected chi connectivity index (χ2v) is 5.40. The Morgan fingerprint density at radius 1 is 1.26 bits per heavy atom. The van der Waals surface area contributed by atoms with Gasteiger partial charge in [-0.25, -0.2) is 0 Å². The van der Waals surface area contributed by atoms with Crippen molar-refractivity contribution in [3.63, 3.8) is 0 Å². The lowest BCUT2D eigenvalue weighted by Gasteiger charge is -2.22. The Morgan fingerprint density at radius 3 is 2.74 bits per heavy atom. The minimum Gasteiger partial charge on any atom is -0.381 e. The zero-order chi connectivity index (χ0) is 13.8. The van der Waals surface area contributed by atoms with Gasteiger partial charge < -0.3 is 15.4 Å². The topological polar surface area (TPSA) is 50.4 Å². The maximum absolute atomic E-state index is 11.7. The average Bonchev–Trinajstić information content (AvgIpc) is 2.45. The van der Waals surface area contributed by atoms with Crippen LogP contribution < -0.4 is 10.6 Å². The predicted molar refractivity (Wildman–Crippen MR) is 78.2 cm³/mol. The van der Waals surface area contributed by atoms with Gasteiger partial charge in [0.15, 0.2) is 0 Å². The summed E-state index contributed by atoms with van der Waals surface area (Å²) >= 11 is 0. The molecule has 4 heteroatoms. The molecule has 0 aromatic heterocycles. The van der Waals surface area contributed by atoms with Gasteiger partial charge in [0, 0.05) is 26.2 Å². The first-order valence-electron chi connectivity index (χ1n) is 7.88. The van der Waals surface area contributed by atoms with Crippen LogP contribution in [0.2, 0.25) is 0 Å². The summed E-state index contributed by atoms with van der Waals surface area (Å²) in [6, 6.07) is 0. The van der Waals surface area contributed by atoms with Crippen LogP contribution in [-0.4, -0.2) is 38.8 Å². The van der Waals surface area contributed by atoms with Crippen molar-refractivity contribution in [2.24, 2.45) is 5.92 Å². The summed E-state index contributed by atoms with van der Waals surface area (Å²) in [4.78, 5) is 11.7. The Morgan fingerprint density at radius 2 is 2.00 bits per heavy atom. The molecule has 0 spiro atoms. The van der Waals surface area contributed by atoms with Gasteiger partial charge in [0.1, 0.15) is 0 Å². The fraction of sp³-hybridized carbons (Fsp3) is 0.933. The summed E-state index contributed by atoms with van der Waals surface area (Å²) in [5.41, 5.74) is 0. The van der Waals surface area contributed by atoms with Crippen LogP contribution >= 0.6 is 0 Å². The fourth-order valence-corrected chi connectivity index (χ4v) is 2.34. The highest BCUT2D eigenvalue weighted by molar-refractivity contribution is 5.75. The molecular weight excluding hydrogens is 240 g/mol. The Balaban J connectivity index is 1.87. The van der Waals surface area contributed by atoms with E-state index in [0.29, 0.717) is 6.42 Å². The Hall–Kier alpha value is -0.610. The third kappa shape index (κ3) is 9.00. The number of carbonyl (C=O) groups is 1. The van der Waals surface area contributed by atoms with Crippen molar-refractivity contribution >= 4 is 5.91 Å². The van der Waals surface area contributed by atoms with Crippen LogP contribution in [-0.2, 0) is 9.53 Å². The molecule has 1 heterocycles. The van der Waals surface area contributed by atoms with Gasteiger partial charge in [-0.2, -0.15) is 0 Å². The van der Waals surface area contributed by atoms with Gasteiger partial charge in [-0.3, -0.25) is 4.79 Å². The molecule has 0 radical (unpaired) electrons. The zero-order valence-corrected chi connectivity index (χ0v) is 12.4. The van der Waals surface area contributed by atoms with Crippen molar-refractivity contribution in [1.82, 2.24) is 10.6 Å². The number of hydrogen-bond donors (Lipinski definition) is 2. The summed E-state index contributed by atoms with van der Waals surface area (Å²) in [7, 11) is 0. The van der Waals surface area contributed by atoms with E-state index in [0.717, 1.165) is 58.0 Å². The highest BCUT2D eigenvalue weighted by Crippen LogP contribution is 2.17. The lowest BCUT2D eigenvalue weighted by atomic mass is 9.93. The second kappa shape index (κ2) is 11.2. The molecule has 112 valence electrons. The molecule has 0 aromatic rings. The number of ether oxygens (including phenoxy) is 1. The SMILES string of the molecule is CCCCOCCCNC(=O)CCC1CCNCC1. The summed E-state index contributed by atoms with van der Waals surface area (Å²) in [6.45, 7) is 6.74. The standard InChI is InChI=1S/C15H30N2O2/c1-2-3-12-19-13-4-9-17-15(18)6-5-14-7-10-16-11-8-14/h14,16H,2-13H2,1H3,(H,17,18). The molecule has 19 heavy (non-hydrogen) atoms. The van der Waals surface area contributed by atoms with E-state index >= 15 is 0 Å². The van der Waals surface area contributed by atoms with Gasteiger partial charge in [-0.05, 0) is 51.1 Å². The quantitative estimate of drug-likeness (QED) is 0.598. The third-order valence-electron chi connectivity index (χ3n) is 3.67. The van der Waals surface area contributed by atoms with Gasteiger partial charge in [-0.15, -0.1) is 0 Å². The van der Waals surface area contributed by atoms with Gasteiger partial charge in [0.25, 0.3) is 0 Å². The molecule has 4 nitrogen and oxygen atoms in total. The van der Waals surface area contributed by atoms with Crippen molar-refractivity contribution in [2.45, 2.75) is 51.9 Å². The Bertz CT molecular complexity index is 228. The van der Waals surface area contributed by atoms with Crippen molar-refractivity contribution in [2.75, 3.05) is 32.8 Å². The molecule has 1 aliphatic rings. The van der Waals surface area contributed by atoms with Gasteiger partial charge in [-0.1, -0.05) is 13.3 Å². The van der Waals surface area contributed by atoms with Crippen LogP contribution in [0.4, 0.5) is 0 Å². The monoisotopic (exact) mass is 270 g/mol. The summed E-state index contributed by atoms with van der Waals surface area (Å²) in [5.74, 6) is 0.941. The van der Waals surface area contributed by atoms with Crippen molar-refractivity contribution in [1.29, 1.82) is 0 Å². The largest absolute Gasteiger partial charge is 0.381 e. The average molecular weight is 270 g/mol. The van der Waals surface area contributed by atoms with Crippen LogP contribution in [0.1, 0.15) is 51.9 Å². The predicted octanol–water partition coefficient (Wildman–Crippen LogP) is 2.09. The zero-order valence-electron chi connectivity index (χ0n) is 12.4. The first-order valence-corrected chi connectivity index (χ1v) is 7.88. The van der Waals surface area contributed by atoms with E-state index in [-0.39, 0.29) is 5.91 Å². The normalized spacial score (nSPS) is 16.5. The summed E-state index contributed by atoms with van der Waals surface area (Å²) < 4.78 is 5.45.